The summed E-state index contributed by atoms with van der Waals surface area (Å²) in [5.41, 5.74) is 12.5. The maximum atomic E-state index is 10.9. The Morgan fingerprint density at radius 3 is 1.37 bits per heavy atom. The van der Waals surface area contributed by atoms with E-state index in [4.69, 9.17) is 0 Å². The fraction of sp³-hybridized carbons (Fsp3) is 0. The molecule has 54 heavy (non-hydrogen) atoms. The standard InChI is InChI=1S/C50H30N4/c51-31-42-39(33-15-5-1-6-16-33)30-40(43(32-52)48(42)34-17-7-2-8-18-34)35-25-26-45-41(29-35)50-47(54(45)37-21-11-4-12-22-37)28-27-46-49(50)38-23-13-14-24-44(38)53(46)36-19-9-3-10-20-36/h1-30H. The van der Waals surface area contributed by atoms with Gasteiger partial charge in [-0.3, -0.25) is 0 Å². The summed E-state index contributed by atoms with van der Waals surface area (Å²) < 4.78 is 4.70. The molecule has 0 saturated heterocycles. The van der Waals surface area contributed by atoms with Crippen molar-refractivity contribution in [3.63, 3.8) is 0 Å². The number of nitrogens with zero attached hydrogens (tertiary/aromatic N) is 4. The van der Waals surface area contributed by atoms with Gasteiger partial charge in [-0.1, -0.05) is 121 Å². The van der Waals surface area contributed by atoms with Crippen LogP contribution in [0.25, 0.3) is 88.4 Å². The lowest BCUT2D eigenvalue weighted by Crippen LogP contribution is -1.98. The van der Waals surface area contributed by atoms with Crippen LogP contribution in [0.1, 0.15) is 11.1 Å². The molecule has 8 aromatic carbocycles. The molecule has 0 bridgehead atoms. The lowest BCUT2D eigenvalue weighted by molar-refractivity contribution is 1.17. The average molecular weight is 687 g/mol. The molecule has 4 heteroatoms. The van der Waals surface area contributed by atoms with Crippen LogP contribution in [0.3, 0.4) is 0 Å². The van der Waals surface area contributed by atoms with Gasteiger partial charge in [0.25, 0.3) is 0 Å². The summed E-state index contributed by atoms with van der Waals surface area (Å²) in [6, 6.07) is 67.6. The van der Waals surface area contributed by atoms with E-state index in [1.165, 1.54) is 10.8 Å². The van der Waals surface area contributed by atoms with Crippen molar-refractivity contribution in [3.05, 3.63) is 193 Å². The number of nitriles is 2. The van der Waals surface area contributed by atoms with E-state index in [0.717, 1.165) is 72.0 Å². The molecule has 0 fully saturated rings. The molecule has 0 saturated carbocycles. The molecule has 0 unspecified atom stereocenters. The molecule has 0 amide bonds. The second-order valence-electron chi connectivity index (χ2n) is 13.5. The second-order valence-corrected chi connectivity index (χ2v) is 13.5. The Morgan fingerprint density at radius 1 is 0.352 bits per heavy atom. The molecule has 10 aromatic rings. The topological polar surface area (TPSA) is 57.4 Å². The van der Waals surface area contributed by atoms with Crippen molar-refractivity contribution in [2.24, 2.45) is 0 Å². The zero-order valence-corrected chi connectivity index (χ0v) is 29.1. The van der Waals surface area contributed by atoms with Gasteiger partial charge >= 0.3 is 0 Å². The molecule has 0 aliphatic carbocycles. The van der Waals surface area contributed by atoms with Gasteiger partial charge < -0.3 is 9.13 Å². The number of rotatable bonds is 5. The minimum Gasteiger partial charge on any atom is -0.309 e. The van der Waals surface area contributed by atoms with Gasteiger partial charge in [0, 0.05) is 49.6 Å². The van der Waals surface area contributed by atoms with Crippen LogP contribution in [0.15, 0.2) is 182 Å². The third kappa shape index (κ3) is 4.68. The average Bonchev–Trinajstić information content (AvgIpc) is 3.76. The van der Waals surface area contributed by atoms with Crippen LogP contribution in [0.2, 0.25) is 0 Å². The molecule has 250 valence electrons. The van der Waals surface area contributed by atoms with Crippen molar-refractivity contribution < 1.29 is 0 Å². The zero-order valence-electron chi connectivity index (χ0n) is 29.1. The first-order valence-corrected chi connectivity index (χ1v) is 18.0. The number of fused-ring (bicyclic) bond motifs is 7. The Bertz CT molecular complexity index is 3140. The van der Waals surface area contributed by atoms with E-state index in [0.29, 0.717) is 16.7 Å². The monoisotopic (exact) mass is 686 g/mol. The third-order valence-corrected chi connectivity index (χ3v) is 10.6. The number of hydrogen-bond donors (Lipinski definition) is 0. The van der Waals surface area contributed by atoms with Crippen molar-refractivity contribution in [2.75, 3.05) is 0 Å². The molecular formula is C50H30N4. The maximum Gasteiger partial charge on any atom is 0.100 e. The van der Waals surface area contributed by atoms with E-state index in [1.54, 1.807) is 0 Å². The van der Waals surface area contributed by atoms with Crippen LogP contribution >= 0.6 is 0 Å². The Hall–Kier alpha value is -7.66. The van der Waals surface area contributed by atoms with Gasteiger partial charge in [-0.15, -0.1) is 0 Å². The van der Waals surface area contributed by atoms with E-state index in [1.807, 2.05) is 72.8 Å². The molecule has 0 aliphatic heterocycles. The van der Waals surface area contributed by atoms with Gasteiger partial charge in [-0.25, -0.2) is 0 Å². The minimum atomic E-state index is 0.481. The first-order chi connectivity index (χ1) is 26.7. The van der Waals surface area contributed by atoms with Crippen LogP contribution in [-0.2, 0) is 0 Å². The van der Waals surface area contributed by atoms with Crippen LogP contribution in [-0.4, -0.2) is 9.13 Å². The molecule has 4 nitrogen and oxygen atoms in total. The highest BCUT2D eigenvalue weighted by molar-refractivity contribution is 6.29. The summed E-state index contributed by atoms with van der Waals surface area (Å²) in [7, 11) is 0. The van der Waals surface area contributed by atoms with Gasteiger partial charge in [0.05, 0.1) is 33.2 Å². The van der Waals surface area contributed by atoms with Crippen molar-refractivity contribution in [1.29, 1.82) is 10.5 Å². The molecule has 0 N–H and O–H groups in total. The number of para-hydroxylation sites is 3. The second kappa shape index (κ2) is 12.5. The number of hydrogen-bond acceptors (Lipinski definition) is 2. The lowest BCUT2D eigenvalue weighted by Gasteiger charge is -2.17. The Balaban J connectivity index is 1.36. The van der Waals surface area contributed by atoms with E-state index in [9.17, 15) is 10.5 Å². The van der Waals surface area contributed by atoms with Crippen molar-refractivity contribution in [3.8, 4) is 56.9 Å². The summed E-state index contributed by atoms with van der Waals surface area (Å²) in [5, 5.41) is 26.2. The van der Waals surface area contributed by atoms with Crippen molar-refractivity contribution in [1.82, 2.24) is 9.13 Å². The van der Waals surface area contributed by atoms with Gasteiger partial charge in [0.2, 0.25) is 0 Å². The molecule has 0 aliphatic rings. The first kappa shape index (κ1) is 31.1. The molecule has 2 heterocycles. The summed E-state index contributed by atoms with van der Waals surface area (Å²) >= 11 is 0. The number of benzene rings is 8. The third-order valence-electron chi connectivity index (χ3n) is 10.6. The summed E-state index contributed by atoms with van der Waals surface area (Å²) in [6.07, 6.45) is 0. The van der Waals surface area contributed by atoms with Gasteiger partial charge in [0.1, 0.15) is 12.1 Å². The van der Waals surface area contributed by atoms with Crippen LogP contribution in [0.4, 0.5) is 0 Å². The normalized spacial score (nSPS) is 11.3. The Morgan fingerprint density at radius 2 is 0.796 bits per heavy atom. The Kier molecular flexibility index (Phi) is 7.22. The van der Waals surface area contributed by atoms with Crippen LogP contribution in [0.5, 0.6) is 0 Å². The van der Waals surface area contributed by atoms with E-state index in [2.05, 4.69) is 130 Å². The van der Waals surface area contributed by atoms with Gasteiger partial charge in [-0.2, -0.15) is 10.5 Å². The van der Waals surface area contributed by atoms with Gasteiger partial charge in [-0.05, 0) is 77.4 Å². The fourth-order valence-corrected chi connectivity index (χ4v) is 8.33. The van der Waals surface area contributed by atoms with E-state index < -0.39 is 0 Å². The predicted molar refractivity (Wildman–Crippen MR) is 221 cm³/mol. The molecule has 0 spiro atoms. The Labute approximate surface area is 312 Å². The minimum absolute atomic E-state index is 0.481. The number of aromatic nitrogens is 2. The van der Waals surface area contributed by atoms with E-state index in [-0.39, 0.29) is 0 Å². The SMILES string of the molecule is N#Cc1c(-c2ccccc2)cc(-c2ccc3c(c2)c2c4c5ccccc5n(-c5ccccc5)c4ccc2n3-c2ccccc2)c(C#N)c1-c1ccccc1. The summed E-state index contributed by atoms with van der Waals surface area (Å²) in [4.78, 5) is 0. The summed E-state index contributed by atoms with van der Waals surface area (Å²) in [6.45, 7) is 0. The lowest BCUT2D eigenvalue weighted by atomic mass is 9.84. The fourth-order valence-electron chi connectivity index (χ4n) is 8.33. The highest BCUT2D eigenvalue weighted by atomic mass is 15.0. The van der Waals surface area contributed by atoms with Crippen molar-refractivity contribution in [2.45, 2.75) is 0 Å². The van der Waals surface area contributed by atoms with Crippen LogP contribution in [0, 0.1) is 22.7 Å². The highest BCUT2D eigenvalue weighted by Gasteiger charge is 2.24. The van der Waals surface area contributed by atoms with Gasteiger partial charge in [0.15, 0.2) is 0 Å². The van der Waals surface area contributed by atoms with E-state index >= 15 is 0 Å². The molecule has 10 rings (SSSR count). The zero-order chi connectivity index (χ0) is 36.2. The van der Waals surface area contributed by atoms with Crippen molar-refractivity contribution >= 4 is 43.6 Å². The molecular weight excluding hydrogens is 657 g/mol. The molecule has 2 aromatic heterocycles. The molecule has 0 atom stereocenters. The summed E-state index contributed by atoms with van der Waals surface area (Å²) in [5.74, 6) is 0. The highest BCUT2D eigenvalue weighted by Crippen LogP contribution is 2.45. The smallest absolute Gasteiger partial charge is 0.100 e. The quantitative estimate of drug-likeness (QED) is 0.181. The first-order valence-electron chi connectivity index (χ1n) is 18.0. The molecule has 0 radical (unpaired) electrons. The van der Waals surface area contributed by atoms with Crippen LogP contribution < -0.4 is 0 Å². The maximum absolute atomic E-state index is 10.9. The predicted octanol–water partition coefficient (Wildman–Crippen LogP) is 12.6. The largest absolute Gasteiger partial charge is 0.309 e.